The maximum atomic E-state index is 2.90. The standard InChI is InChI=1S/C42H42N2/c1-3-11-29(12-4-1)31-19-23-33(24-20-31)43-37-17-9-7-15-35(37)41-39(43)27-28-40-42(41)36-16-8-10-18-38(36)44(40)34-25-21-32(22-26-34)30-13-5-2-6-14-30/h1-13,15-18,21-23,25,30-31,34,36,38-40H,14,19-20,24,26-28H2. The van der Waals surface area contributed by atoms with Crippen LogP contribution in [0.5, 0.6) is 0 Å². The van der Waals surface area contributed by atoms with Crippen molar-refractivity contribution in [3.63, 3.8) is 0 Å². The molecule has 2 heteroatoms. The van der Waals surface area contributed by atoms with Gasteiger partial charge in [-0.05, 0) is 79.2 Å². The van der Waals surface area contributed by atoms with E-state index < -0.39 is 0 Å². The third-order valence-corrected chi connectivity index (χ3v) is 11.5. The van der Waals surface area contributed by atoms with E-state index in [0.717, 1.165) is 25.7 Å². The lowest BCUT2D eigenvalue weighted by Gasteiger charge is -2.40. The van der Waals surface area contributed by atoms with E-state index in [0.29, 0.717) is 41.9 Å². The molecule has 2 heterocycles. The van der Waals surface area contributed by atoms with Crippen LogP contribution >= 0.6 is 0 Å². The second-order valence-electron chi connectivity index (χ2n) is 13.7. The summed E-state index contributed by atoms with van der Waals surface area (Å²) in [6.45, 7) is 0. The van der Waals surface area contributed by atoms with Crippen molar-refractivity contribution in [3.05, 3.63) is 155 Å². The van der Waals surface area contributed by atoms with Crippen molar-refractivity contribution in [2.24, 2.45) is 11.8 Å². The molecule has 2 aliphatic heterocycles. The number of fused-ring (bicyclic) bond motifs is 6. The molecule has 0 aromatic heterocycles. The Morgan fingerprint density at radius 1 is 0.682 bits per heavy atom. The summed E-state index contributed by atoms with van der Waals surface area (Å²) in [5.41, 5.74) is 10.8. The molecular formula is C42H42N2. The summed E-state index contributed by atoms with van der Waals surface area (Å²) in [6, 6.07) is 22.3. The number of nitrogens with zero attached hydrogens (tertiary/aromatic N) is 2. The molecule has 1 saturated heterocycles. The topological polar surface area (TPSA) is 6.48 Å². The molecule has 0 N–H and O–H groups in total. The van der Waals surface area contributed by atoms with Crippen LogP contribution in [-0.2, 0) is 0 Å². The lowest BCUT2D eigenvalue weighted by atomic mass is 9.77. The Morgan fingerprint density at radius 3 is 2.34 bits per heavy atom. The number of rotatable bonds is 4. The van der Waals surface area contributed by atoms with Crippen LogP contribution in [0.4, 0.5) is 5.69 Å². The minimum absolute atomic E-state index is 0.440. The quantitative estimate of drug-likeness (QED) is 0.359. The highest BCUT2D eigenvalue weighted by Crippen LogP contribution is 2.56. The Kier molecular flexibility index (Phi) is 6.59. The molecule has 7 unspecified atom stereocenters. The van der Waals surface area contributed by atoms with Gasteiger partial charge < -0.3 is 4.90 Å². The Bertz CT molecular complexity index is 1690. The van der Waals surface area contributed by atoms with Crippen molar-refractivity contribution >= 4 is 11.3 Å². The van der Waals surface area contributed by atoms with Crippen LogP contribution < -0.4 is 4.90 Å². The van der Waals surface area contributed by atoms with Crippen molar-refractivity contribution in [2.45, 2.75) is 75.0 Å². The molecule has 0 amide bonds. The van der Waals surface area contributed by atoms with E-state index in [1.807, 2.05) is 0 Å². The zero-order valence-electron chi connectivity index (χ0n) is 25.5. The first kappa shape index (κ1) is 26.5. The van der Waals surface area contributed by atoms with Crippen molar-refractivity contribution in [2.75, 3.05) is 4.90 Å². The normalized spacial score (nSPS) is 33.5. The number of hydrogen-bond donors (Lipinski definition) is 0. The van der Waals surface area contributed by atoms with E-state index in [-0.39, 0.29) is 0 Å². The number of benzene rings is 2. The van der Waals surface area contributed by atoms with Crippen molar-refractivity contribution < 1.29 is 0 Å². The van der Waals surface area contributed by atoms with Crippen LogP contribution in [-0.4, -0.2) is 29.1 Å². The third-order valence-electron chi connectivity index (χ3n) is 11.5. The molecule has 0 saturated carbocycles. The van der Waals surface area contributed by atoms with Gasteiger partial charge in [-0.15, -0.1) is 0 Å². The van der Waals surface area contributed by atoms with Crippen LogP contribution in [0.2, 0.25) is 0 Å². The van der Waals surface area contributed by atoms with Crippen LogP contribution in [0.3, 0.4) is 0 Å². The predicted octanol–water partition coefficient (Wildman–Crippen LogP) is 9.46. The van der Waals surface area contributed by atoms with Gasteiger partial charge in [-0.1, -0.05) is 121 Å². The number of hydrogen-bond acceptors (Lipinski definition) is 2. The first-order chi connectivity index (χ1) is 21.8. The van der Waals surface area contributed by atoms with Crippen molar-refractivity contribution in [1.82, 2.24) is 4.90 Å². The van der Waals surface area contributed by atoms with E-state index in [1.54, 1.807) is 16.8 Å². The average molecular weight is 575 g/mol. The number of allylic oxidation sites excluding steroid dienone is 10. The largest absolute Gasteiger partial charge is 0.337 e. The van der Waals surface area contributed by atoms with Gasteiger partial charge in [0.15, 0.2) is 0 Å². The Hall–Kier alpha value is -3.88. The Morgan fingerprint density at radius 2 is 1.52 bits per heavy atom. The lowest BCUT2D eigenvalue weighted by Crippen LogP contribution is -2.46. The van der Waals surface area contributed by atoms with Crippen molar-refractivity contribution in [3.8, 4) is 0 Å². The molecular weight excluding hydrogens is 532 g/mol. The van der Waals surface area contributed by atoms with E-state index in [1.165, 1.54) is 41.6 Å². The molecule has 9 rings (SSSR count). The summed E-state index contributed by atoms with van der Waals surface area (Å²) in [5, 5.41) is 0. The molecule has 7 atom stereocenters. The molecule has 2 aromatic carbocycles. The van der Waals surface area contributed by atoms with Gasteiger partial charge in [0.05, 0.1) is 6.04 Å². The minimum atomic E-state index is 0.440. The zero-order chi connectivity index (χ0) is 29.0. The summed E-state index contributed by atoms with van der Waals surface area (Å²) < 4.78 is 0. The van der Waals surface area contributed by atoms with Crippen LogP contribution in [0, 0.1) is 11.8 Å². The molecule has 1 fully saturated rings. The van der Waals surface area contributed by atoms with Gasteiger partial charge in [0.1, 0.15) is 0 Å². The first-order valence-corrected chi connectivity index (χ1v) is 17.1. The summed E-state index contributed by atoms with van der Waals surface area (Å²) in [6.07, 6.45) is 37.0. The molecule has 44 heavy (non-hydrogen) atoms. The Balaban J connectivity index is 1.06. The predicted molar refractivity (Wildman–Crippen MR) is 183 cm³/mol. The molecule has 0 radical (unpaired) electrons. The third kappa shape index (κ3) is 4.25. The molecule has 5 aliphatic carbocycles. The maximum absolute atomic E-state index is 2.90. The molecule has 7 aliphatic rings. The second-order valence-corrected chi connectivity index (χ2v) is 13.7. The molecule has 2 aromatic rings. The van der Waals surface area contributed by atoms with Gasteiger partial charge >= 0.3 is 0 Å². The summed E-state index contributed by atoms with van der Waals surface area (Å²) >= 11 is 0. The van der Waals surface area contributed by atoms with E-state index in [4.69, 9.17) is 0 Å². The van der Waals surface area contributed by atoms with Gasteiger partial charge in [0.25, 0.3) is 0 Å². The number of likely N-dealkylation sites (tertiary alicyclic amines) is 1. The minimum Gasteiger partial charge on any atom is -0.337 e. The number of para-hydroxylation sites is 1. The smallest absolute Gasteiger partial charge is 0.0596 e. The van der Waals surface area contributed by atoms with Crippen LogP contribution in [0.15, 0.2) is 144 Å². The van der Waals surface area contributed by atoms with Crippen LogP contribution in [0.1, 0.15) is 62.0 Å². The average Bonchev–Trinajstić information content (AvgIpc) is 3.62. The summed E-state index contributed by atoms with van der Waals surface area (Å²) in [4.78, 5) is 5.68. The summed E-state index contributed by atoms with van der Waals surface area (Å²) in [7, 11) is 0. The second kappa shape index (κ2) is 10.9. The maximum Gasteiger partial charge on any atom is 0.0596 e. The van der Waals surface area contributed by atoms with Crippen molar-refractivity contribution in [1.29, 1.82) is 0 Å². The van der Waals surface area contributed by atoms with Gasteiger partial charge in [0.2, 0.25) is 0 Å². The molecule has 0 spiro atoms. The monoisotopic (exact) mass is 574 g/mol. The number of anilines is 1. The van der Waals surface area contributed by atoms with E-state index >= 15 is 0 Å². The Labute approximate surface area is 262 Å². The zero-order valence-corrected chi connectivity index (χ0v) is 25.5. The summed E-state index contributed by atoms with van der Waals surface area (Å²) in [5.74, 6) is 1.63. The fourth-order valence-electron chi connectivity index (χ4n) is 9.57. The van der Waals surface area contributed by atoms with Crippen LogP contribution in [0.25, 0.3) is 5.57 Å². The first-order valence-electron chi connectivity index (χ1n) is 17.1. The van der Waals surface area contributed by atoms with Gasteiger partial charge in [-0.2, -0.15) is 0 Å². The molecule has 0 bridgehead atoms. The van der Waals surface area contributed by atoms with Gasteiger partial charge in [-0.25, -0.2) is 0 Å². The highest BCUT2D eigenvalue weighted by molar-refractivity contribution is 5.92. The van der Waals surface area contributed by atoms with E-state index in [2.05, 4.69) is 137 Å². The highest BCUT2D eigenvalue weighted by atomic mass is 15.3. The fourth-order valence-corrected chi connectivity index (χ4v) is 9.57. The van der Waals surface area contributed by atoms with Gasteiger partial charge in [-0.3, -0.25) is 4.90 Å². The van der Waals surface area contributed by atoms with Gasteiger partial charge in [0, 0.05) is 46.9 Å². The molecule has 220 valence electrons. The SMILES string of the molecule is C1=CCC(C2=CCC(N3C4CCC5C(=C4C4C=CC=CC43)c3ccccc3N5C3=CCC(c4ccccc4)CC3)C=C2)C=C1. The lowest BCUT2D eigenvalue weighted by molar-refractivity contribution is 0.168. The molecule has 2 nitrogen and oxygen atoms in total. The van der Waals surface area contributed by atoms with E-state index in [9.17, 15) is 0 Å². The highest BCUT2D eigenvalue weighted by Gasteiger charge is 2.52. The fraction of sp³-hybridized carbons (Fsp3) is 0.333.